The molecule has 1 aliphatic rings. The van der Waals surface area contributed by atoms with Crippen LogP contribution in [-0.2, 0) is 22.6 Å². The number of aliphatic carboxylic acids is 1. The van der Waals surface area contributed by atoms with E-state index in [1.54, 1.807) is 7.11 Å². The number of allylic oxidation sites excluding steroid dienone is 4. The Morgan fingerprint density at radius 1 is 1.18 bits per heavy atom. The summed E-state index contributed by atoms with van der Waals surface area (Å²) in [4.78, 5) is 22.6. The summed E-state index contributed by atoms with van der Waals surface area (Å²) in [6.07, 6.45) is 6.90. The number of aromatic hydroxyl groups is 1. The number of hydrogen-bond acceptors (Lipinski definition) is 5. The fraction of sp³-hybridized carbons (Fsp3) is 0.455. The fourth-order valence-corrected chi connectivity index (χ4v) is 3.36. The maximum Gasteiger partial charge on any atom is 0.342 e. The molecule has 0 unspecified atom stereocenters. The topological polar surface area (TPSA) is 93.1 Å². The number of cyclic esters (lactones) is 1. The minimum Gasteiger partial charge on any atom is -0.507 e. The van der Waals surface area contributed by atoms with Crippen molar-refractivity contribution in [3.8, 4) is 11.5 Å². The van der Waals surface area contributed by atoms with Crippen LogP contribution in [0.15, 0.2) is 23.3 Å². The van der Waals surface area contributed by atoms with Gasteiger partial charge in [0, 0.05) is 17.5 Å². The van der Waals surface area contributed by atoms with E-state index in [0.29, 0.717) is 29.7 Å². The summed E-state index contributed by atoms with van der Waals surface area (Å²) < 4.78 is 10.6. The summed E-state index contributed by atoms with van der Waals surface area (Å²) >= 11 is 0. The molecule has 1 heterocycles. The van der Waals surface area contributed by atoms with Crippen LogP contribution < -0.4 is 4.74 Å². The Kier molecular flexibility index (Phi) is 7.26. The number of fused-ring (bicyclic) bond motifs is 1. The molecule has 0 amide bonds. The standard InChI is InChI=1S/C22H28O6/c1-13(6-5-7-14(2)9-11-18(23)24)8-10-16-20(25)19-17(12-28-22(19)26)15(3)21(16)27-4/h7-8,25H,5-6,9-12H2,1-4H3,(H,23,24). The van der Waals surface area contributed by atoms with Crippen molar-refractivity contribution in [2.75, 3.05) is 7.11 Å². The number of phenols is 1. The monoisotopic (exact) mass is 388 g/mol. The van der Waals surface area contributed by atoms with Crippen molar-refractivity contribution in [2.24, 2.45) is 0 Å². The van der Waals surface area contributed by atoms with E-state index in [1.165, 1.54) is 0 Å². The van der Waals surface area contributed by atoms with Gasteiger partial charge in [-0.3, -0.25) is 4.79 Å². The van der Waals surface area contributed by atoms with Crippen LogP contribution in [0.3, 0.4) is 0 Å². The van der Waals surface area contributed by atoms with Crippen molar-refractivity contribution < 1.29 is 29.3 Å². The smallest absolute Gasteiger partial charge is 0.342 e. The van der Waals surface area contributed by atoms with Gasteiger partial charge in [0.15, 0.2) is 0 Å². The lowest BCUT2D eigenvalue weighted by molar-refractivity contribution is -0.136. The zero-order valence-corrected chi connectivity index (χ0v) is 16.9. The number of rotatable bonds is 9. The number of carbonyl (C=O) groups is 2. The molecule has 0 radical (unpaired) electrons. The molecule has 0 bridgehead atoms. The van der Waals surface area contributed by atoms with Crippen molar-refractivity contribution in [1.82, 2.24) is 0 Å². The van der Waals surface area contributed by atoms with E-state index in [-0.39, 0.29) is 24.3 Å². The molecule has 1 aromatic rings. The summed E-state index contributed by atoms with van der Waals surface area (Å²) in [5.41, 5.74) is 4.55. The van der Waals surface area contributed by atoms with Gasteiger partial charge in [-0.15, -0.1) is 0 Å². The molecule has 0 spiro atoms. The van der Waals surface area contributed by atoms with Gasteiger partial charge in [0.1, 0.15) is 23.7 Å². The highest BCUT2D eigenvalue weighted by molar-refractivity contribution is 5.98. The molecular weight excluding hydrogens is 360 g/mol. The first-order valence-electron chi connectivity index (χ1n) is 9.37. The van der Waals surface area contributed by atoms with Crippen molar-refractivity contribution in [3.05, 3.63) is 45.6 Å². The first-order valence-corrected chi connectivity index (χ1v) is 9.37. The van der Waals surface area contributed by atoms with Crippen molar-refractivity contribution in [2.45, 2.75) is 59.5 Å². The van der Waals surface area contributed by atoms with Gasteiger partial charge in [-0.25, -0.2) is 4.79 Å². The van der Waals surface area contributed by atoms with E-state index in [4.69, 9.17) is 14.6 Å². The maximum atomic E-state index is 11.9. The first kappa shape index (κ1) is 21.5. The second-order valence-corrected chi connectivity index (χ2v) is 7.15. The van der Waals surface area contributed by atoms with Crippen LogP contribution >= 0.6 is 0 Å². The Hall–Kier alpha value is -2.76. The van der Waals surface area contributed by atoms with Gasteiger partial charge in [-0.05, 0) is 52.0 Å². The summed E-state index contributed by atoms with van der Waals surface area (Å²) in [6, 6.07) is 0. The molecule has 6 nitrogen and oxygen atoms in total. The number of benzene rings is 1. The predicted octanol–water partition coefficient (Wildman–Crippen LogP) is 4.46. The maximum absolute atomic E-state index is 11.9. The number of hydrogen-bond donors (Lipinski definition) is 2. The van der Waals surface area contributed by atoms with Crippen LogP contribution in [0.2, 0.25) is 0 Å². The highest BCUT2D eigenvalue weighted by Crippen LogP contribution is 2.42. The molecule has 1 aliphatic heterocycles. The molecule has 0 aliphatic carbocycles. The van der Waals surface area contributed by atoms with Crippen molar-refractivity contribution in [3.63, 3.8) is 0 Å². The first-order chi connectivity index (χ1) is 13.3. The van der Waals surface area contributed by atoms with Crippen LogP contribution in [0.25, 0.3) is 0 Å². The van der Waals surface area contributed by atoms with E-state index >= 15 is 0 Å². The minimum atomic E-state index is -0.786. The van der Waals surface area contributed by atoms with Crippen LogP contribution in [-0.4, -0.2) is 29.3 Å². The molecule has 0 aromatic heterocycles. The molecule has 6 heteroatoms. The van der Waals surface area contributed by atoms with Crippen molar-refractivity contribution in [1.29, 1.82) is 0 Å². The molecule has 1 aromatic carbocycles. The van der Waals surface area contributed by atoms with Crippen LogP contribution in [0, 0.1) is 6.92 Å². The van der Waals surface area contributed by atoms with Gasteiger partial charge in [-0.2, -0.15) is 0 Å². The average molecular weight is 388 g/mol. The third-order valence-electron chi connectivity index (χ3n) is 5.07. The number of methoxy groups -OCH3 is 1. The molecule has 0 saturated heterocycles. The third kappa shape index (κ3) is 4.94. The molecule has 0 fully saturated rings. The number of ether oxygens (including phenoxy) is 2. The minimum absolute atomic E-state index is 0.0617. The number of esters is 1. The molecule has 2 rings (SSSR count). The summed E-state index contributed by atoms with van der Waals surface area (Å²) in [7, 11) is 1.55. The average Bonchev–Trinajstić information content (AvgIpc) is 3.03. The largest absolute Gasteiger partial charge is 0.507 e. The van der Waals surface area contributed by atoms with Gasteiger partial charge in [0.05, 0.1) is 7.11 Å². The number of phenolic OH excluding ortho intramolecular Hbond substituents is 1. The van der Waals surface area contributed by atoms with Gasteiger partial charge < -0.3 is 19.7 Å². The van der Waals surface area contributed by atoms with Gasteiger partial charge in [0.2, 0.25) is 0 Å². The van der Waals surface area contributed by atoms with Gasteiger partial charge in [0.25, 0.3) is 0 Å². The second-order valence-electron chi connectivity index (χ2n) is 7.15. The van der Waals surface area contributed by atoms with E-state index in [2.05, 4.69) is 6.08 Å². The highest BCUT2D eigenvalue weighted by atomic mass is 16.5. The lowest BCUT2D eigenvalue weighted by Crippen LogP contribution is -2.03. The molecule has 28 heavy (non-hydrogen) atoms. The molecule has 152 valence electrons. The number of carboxylic acids is 1. The predicted molar refractivity (Wildman–Crippen MR) is 106 cm³/mol. The van der Waals surface area contributed by atoms with Crippen LogP contribution in [0.5, 0.6) is 11.5 Å². The number of carbonyl (C=O) groups excluding carboxylic acids is 1. The Morgan fingerprint density at radius 3 is 2.50 bits per heavy atom. The third-order valence-corrected chi connectivity index (χ3v) is 5.07. The summed E-state index contributed by atoms with van der Waals surface area (Å²) in [5, 5.41) is 19.3. The Bertz CT molecular complexity index is 832. The quantitative estimate of drug-likeness (QED) is 0.479. The SMILES string of the molecule is COc1c(C)c2c(c(O)c1CC=C(C)CCC=C(C)CCC(=O)O)C(=O)OC2. The Morgan fingerprint density at radius 2 is 1.86 bits per heavy atom. The molecule has 0 saturated carbocycles. The lowest BCUT2D eigenvalue weighted by atomic mass is 9.94. The molecule has 2 N–H and O–H groups in total. The number of carboxylic acid groups (broad SMARTS) is 1. The van der Waals surface area contributed by atoms with Crippen molar-refractivity contribution >= 4 is 11.9 Å². The van der Waals surface area contributed by atoms with E-state index in [1.807, 2.05) is 26.8 Å². The second kappa shape index (κ2) is 9.44. The molecular formula is C22H28O6. The molecule has 0 atom stereocenters. The van der Waals surface area contributed by atoms with E-state index in [9.17, 15) is 14.7 Å². The van der Waals surface area contributed by atoms with E-state index in [0.717, 1.165) is 29.6 Å². The van der Waals surface area contributed by atoms with Gasteiger partial charge in [-0.1, -0.05) is 23.3 Å². The van der Waals surface area contributed by atoms with Gasteiger partial charge >= 0.3 is 11.9 Å². The zero-order valence-electron chi connectivity index (χ0n) is 16.9. The van der Waals surface area contributed by atoms with Crippen LogP contribution in [0.4, 0.5) is 0 Å². The Balaban J connectivity index is 2.10. The van der Waals surface area contributed by atoms with E-state index < -0.39 is 11.9 Å². The zero-order chi connectivity index (χ0) is 20.8. The lowest BCUT2D eigenvalue weighted by Gasteiger charge is -2.15. The summed E-state index contributed by atoms with van der Waals surface area (Å²) in [6.45, 7) is 5.98. The fourth-order valence-electron chi connectivity index (χ4n) is 3.36. The highest BCUT2D eigenvalue weighted by Gasteiger charge is 2.31. The normalized spacial score (nSPS) is 14.1. The summed E-state index contributed by atoms with van der Waals surface area (Å²) in [5.74, 6) is -0.760. The Labute approximate surface area is 165 Å². The van der Waals surface area contributed by atoms with Crippen LogP contribution in [0.1, 0.15) is 66.6 Å².